The first-order valence-electron chi connectivity index (χ1n) is 5.28. The Hall–Kier alpha value is -1.88. The molecular formula is C11H12N2O5. The Morgan fingerprint density at radius 2 is 2.39 bits per heavy atom. The van der Waals surface area contributed by atoms with Crippen molar-refractivity contribution in [3.8, 4) is 12.3 Å². The maximum absolute atomic E-state index is 11.6. The third-order valence-corrected chi connectivity index (χ3v) is 2.95. The van der Waals surface area contributed by atoms with Gasteiger partial charge >= 0.3 is 5.69 Å². The first-order chi connectivity index (χ1) is 8.52. The molecule has 0 saturated carbocycles. The highest BCUT2D eigenvalue weighted by Gasteiger charge is 2.47. The minimum Gasteiger partial charge on any atom is -0.392 e. The van der Waals surface area contributed by atoms with E-state index in [0.717, 1.165) is 10.6 Å². The van der Waals surface area contributed by atoms with E-state index in [2.05, 4.69) is 10.9 Å². The Kier molecular flexibility index (Phi) is 3.09. The number of ether oxygens (including phenoxy) is 1. The molecule has 7 heteroatoms. The van der Waals surface area contributed by atoms with E-state index in [1.807, 2.05) is 0 Å². The molecular weight excluding hydrogens is 240 g/mol. The zero-order valence-electron chi connectivity index (χ0n) is 9.37. The number of aromatic nitrogens is 2. The van der Waals surface area contributed by atoms with Gasteiger partial charge in [-0.25, -0.2) is 4.79 Å². The number of aromatic amines is 1. The molecule has 18 heavy (non-hydrogen) atoms. The maximum Gasteiger partial charge on any atom is 0.330 e. The van der Waals surface area contributed by atoms with Crippen LogP contribution in [0.3, 0.4) is 0 Å². The Bertz CT molecular complexity index is 598. The summed E-state index contributed by atoms with van der Waals surface area (Å²) in [5.74, 6) is 2.20. The third-order valence-electron chi connectivity index (χ3n) is 2.95. The van der Waals surface area contributed by atoms with Gasteiger partial charge < -0.3 is 14.9 Å². The summed E-state index contributed by atoms with van der Waals surface area (Å²) in [6.45, 7) is -0.556. The van der Waals surface area contributed by atoms with Crippen molar-refractivity contribution in [2.24, 2.45) is 0 Å². The van der Waals surface area contributed by atoms with Crippen molar-refractivity contribution in [2.75, 3.05) is 6.61 Å². The lowest BCUT2D eigenvalue weighted by atomic mass is 9.99. The lowest BCUT2D eigenvalue weighted by Gasteiger charge is -2.23. The van der Waals surface area contributed by atoms with E-state index in [-0.39, 0.29) is 6.42 Å². The van der Waals surface area contributed by atoms with Crippen LogP contribution in [0.25, 0.3) is 0 Å². The van der Waals surface area contributed by atoms with E-state index in [9.17, 15) is 19.8 Å². The number of hydrogen-bond donors (Lipinski definition) is 3. The van der Waals surface area contributed by atoms with Crippen molar-refractivity contribution < 1.29 is 14.9 Å². The van der Waals surface area contributed by atoms with Gasteiger partial charge in [0, 0.05) is 18.7 Å². The molecule has 1 aromatic heterocycles. The highest BCUT2D eigenvalue weighted by molar-refractivity contribution is 5.15. The molecule has 3 N–H and O–H groups in total. The average Bonchev–Trinajstić information content (AvgIpc) is 2.67. The lowest BCUT2D eigenvalue weighted by molar-refractivity contribution is -0.0912. The second kappa shape index (κ2) is 4.42. The number of terminal acetylenes is 1. The Morgan fingerprint density at radius 3 is 2.89 bits per heavy atom. The second-order valence-electron chi connectivity index (χ2n) is 4.03. The number of nitrogens with one attached hydrogen (secondary N) is 1. The fourth-order valence-electron chi connectivity index (χ4n) is 1.89. The van der Waals surface area contributed by atoms with E-state index in [1.165, 1.54) is 6.20 Å². The molecule has 0 spiro atoms. The van der Waals surface area contributed by atoms with Crippen LogP contribution in [0.5, 0.6) is 0 Å². The van der Waals surface area contributed by atoms with Crippen LogP contribution in [-0.2, 0) is 4.74 Å². The summed E-state index contributed by atoms with van der Waals surface area (Å²) in [4.78, 5) is 24.6. The Balaban J connectivity index is 2.36. The monoisotopic (exact) mass is 252 g/mol. The van der Waals surface area contributed by atoms with E-state index in [4.69, 9.17) is 11.2 Å². The molecule has 1 aromatic rings. The van der Waals surface area contributed by atoms with Crippen molar-refractivity contribution >= 4 is 0 Å². The molecule has 0 bridgehead atoms. The van der Waals surface area contributed by atoms with Gasteiger partial charge in [-0.3, -0.25) is 14.3 Å². The molecule has 3 atom stereocenters. The minimum absolute atomic E-state index is 0.0523. The van der Waals surface area contributed by atoms with Crippen LogP contribution < -0.4 is 11.2 Å². The van der Waals surface area contributed by atoms with E-state index >= 15 is 0 Å². The average molecular weight is 252 g/mol. The van der Waals surface area contributed by atoms with Gasteiger partial charge in [0.25, 0.3) is 5.56 Å². The van der Waals surface area contributed by atoms with Crippen LogP contribution in [-0.4, -0.2) is 38.1 Å². The topological polar surface area (TPSA) is 105 Å². The third kappa shape index (κ3) is 1.86. The van der Waals surface area contributed by atoms with Crippen molar-refractivity contribution in [3.05, 3.63) is 33.1 Å². The lowest BCUT2D eigenvalue weighted by Crippen LogP contribution is -2.41. The van der Waals surface area contributed by atoms with E-state index in [0.29, 0.717) is 0 Å². The molecule has 0 aliphatic carbocycles. The Morgan fingerprint density at radius 1 is 1.67 bits per heavy atom. The summed E-state index contributed by atoms with van der Waals surface area (Å²) in [6.07, 6.45) is 4.62. The van der Waals surface area contributed by atoms with Crippen LogP contribution in [0.4, 0.5) is 0 Å². The zero-order chi connectivity index (χ0) is 13.3. The predicted molar refractivity (Wildman–Crippen MR) is 60.7 cm³/mol. The smallest absolute Gasteiger partial charge is 0.330 e. The molecule has 1 aliphatic rings. The molecule has 96 valence electrons. The second-order valence-corrected chi connectivity index (χ2v) is 4.03. The van der Waals surface area contributed by atoms with Gasteiger partial charge in [0.15, 0.2) is 5.60 Å². The number of rotatable bonds is 2. The summed E-state index contributed by atoms with van der Waals surface area (Å²) >= 11 is 0. The zero-order valence-corrected chi connectivity index (χ0v) is 9.37. The quantitative estimate of drug-likeness (QED) is 0.538. The van der Waals surface area contributed by atoms with Gasteiger partial charge in [0.1, 0.15) is 12.3 Å². The normalized spacial score (nSPS) is 31.2. The van der Waals surface area contributed by atoms with Gasteiger partial charge in [0.05, 0.1) is 6.61 Å². The number of hydrogen-bond acceptors (Lipinski definition) is 5. The first kappa shape index (κ1) is 12.6. The van der Waals surface area contributed by atoms with Crippen LogP contribution in [0.1, 0.15) is 12.6 Å². The molecule has 0 amide bonds. The molecule has 1 aliphatic heterocycles. The molecule has 2 heterocycles. The summed E-state index contributed by atoms with van der Waals surface area (Å²) in [5.41, 5.74) is -2.70. The Labute approximate surface area is 102 Å². The van der Waals surface area contributed by atoms with E-state index in [1.54, 1.807) is 0 Å². The number of aliphatic hydroxyl groups excluding tert-OH is 2. The standard InChI is InChI=1S/C11H12N2O5/c1-2-11(6-14)7(15)5-9(18-11)13-4-3-8(16)12-10(13)17/h1,3-4,7,9,14-15H,5-6H2,(H,12,16,17)/t7-,9?,11+/m0/s1. The molecule has 1 unspecified atom stereocenters. The molecule has 2 rings (SSSR count). The van der Waals surface area contributed by atoms with Gasteiger partial charge in [-0.05, 0) is 0 Å². The molecule has 7 nitrogen and oxygen atoms in total. The van der Waals surface area contributed by atoms with Crippen LogP contribution >= 0.6 is 0 Å². The van der Waals surface area contributed by atoms with Gasteiger partial charge in [-0.15, -0.1) is 6.42 Å². The van der Waals surface area contributed by atoms with Crippen LogP contribution in [0.2, 0.25) is 0 Å². The van der Waals surface area contributed by atoms with Gasteiger partial charge in [0.2, 0.25) is 0 Å². The molecule has 1 saturated heterocycles. The number of nitrogens with zero attached hydrogens (tertiary/aromatic N) is 1. The summed E-state index contributed by atoms with van der Waals surface area (Å²) < 4.78 is 6.48. The van der Waals surface area contributed by atoms with Crippen molar-refractivity contribution in [1.82, 2.24) is 9.55 Å². The summed E-state index contributed by atoms with van der Waals surface area (Å²) in [7, 11) is 0. The molecule has 0 radical (unpaired) electrons. The molecule has 1 fully saturated rings. The van der Waals surface area contributed by atoms with Crippen molar-refractivity contribution in [3.63, 3.8) is 0 Å². The van der Waals surface area contributed by atoms with Gasteiger partial charge in [-0.1, -0.05) is 5.92 Å². The van der Waals surface area contributed by atoms with Gasteiger partial charge in [-0.2, -0.15) is 0 Å². The largest absolute Gasteiger partial charge is 0.392 e. The fraction of sp³-hybridized carbons (Fsp3) is 0.455. The SMILES string of the molecule is C#C[C@]1(CO)OC(n2ccc(=O)[nH]c2=O)C[C@@H]1O. The van der Waals surface area contributed by atoms with E-state index < -0.39 is 35.8 Å². The minimum atomic E-state index is -1.51. The number of aliphatic hydroxyl groups is 2. The van der Waals surface area contributed by atoms with Crippen molar-refractivity contribution in [1.29, 1.82) is 0 Å². The first-order valence-corrected chi connectivity index (χ1v) is 5.28. The summed E-state index contributed by atoms with van der Waals surface area (Å²) in [6, 6.07) is 1.16. The molecule has 0 aromatic carbocycles. The maximum atomic E-state index is 11.6. The van der Waals surface area contributed by atoms with Crippen molar-refractivity contribution in [2.45, 2.75) is 24.4 Å². The fourth-order valence-corrected chi connectivity index (χ4v) is 1.89. The predicted octanol–water partition coefficient (Wildman–Crippen LogP) is -1.82. The highest BCUT2D eigenvalue weighted by Crippen LogP contribution is 2.35. The number of H-pyrrole nitrogens is 1. The van der Waals surface area contributed by atoms with Crippen LogP contribution in [0, 0.1) is 12.3 Å². The van der Waals surface area contributed by atoms with Crippen LogP contribution in [0.15, 0.2) is 21.9 Å². The summed E-state index contributed by atoms with van der Waals surface area (Å²) in [5, 5.41) is 19.0. The highest BCUT2D eigenvalue weighted by atomic mass is 16.6.